The number of hydrogen-bond donors (Lipinski definition) is 1. The lowest BCUT2D eigenvalue weighted by atomic mass is 10.1. The Balaban J connectivity index is 2.55. The van der Waals surface area contributed by atoms with E-state index < -0.39 is 0 Å². The highest BCUT2D eigenvalue weighted by Crippen LogP contribution is 2.13. The maximum absolute atomic E-state index is 11.8. The van der Waals surface area contributed by atoms with E-state index in [1.807, 2.05) is 0 Å². The molecule has 0 atom stereocenters. The first-order valence-corrected chi connectivity index (χ1v) is 6.38. The van der Waals surface area contributed by atoms with Crippen LogP contribution >= 0.6 is 0 Å². The molecule has 0 aliphatic carbocycles. The van der Waals surface area contributed by atoms with E-state index in [1.54, 1.807) is 13.0 Å². The highest BCUT2D eigenvalue weighted by molar-refractivity contribution is 5.96. The van der Waals surface area contributed by atoms with Crippen molar-refractivity contribution in [1.82, 2.24) is 10.5 Å². The molecule has 0 aliphatic rings. The van der Waals surface area contributed by atoms with Gasteiger partial charge < -0.3 is 9.84 Å². The predicted molar refractivity (Wildman–Crippen MR) is 71.7 cm³/mol. The third-order valence-electron chi connectivity index (χ3n) is 2.62. The zero-order valence-corrected chi connectivity index (χ0v) is 11.9. The van der Waals surface area contributed by atoms with E-state index in [-0.39, 0.29) is 18.4 Å². The van der Waals surface area contributed by atoms with E-state index in [2.05, 4.69) is 24.3 Å². The molecule has 0 aliphatic heterocycles. The molecule has 1 aromatic heterocycles. The second kappa shape index (κ2) is 6.92. The summed E-state index contributed by atoms with van der Waals surface area (Å²) < 4.78 is 4.91. The van der Waals surface area contributed by atoms with Crippen LogP contribution in [0.25, 0.3) is 0 Å². The molecule has 106 valence electrons. The quantitative estimate of drug-likeness (QED) is 0.847. The van der Waals surface area contributed by atoms with E-state index in [9.17, 15) is 9.59 Å². The smallest absolute Gasteiger partial charge is 0.240 e. The summed E-state index contributed by atoms with van der Waals surface area (Å²) in [5, 5.41) is 6.53. The summed E-state index contributed by atoms with van der Waals surface area (Å²) in [6.07, 6.45) is 0.912. The number of hydrogen-bond acceptors (Lipinski definition) is 4. The molecule has 0 saturated heterocycles. The van der Waals surface area contributed by atoms with Crippen LogP contribution in [-0.4, -0.2) is 30.1 Å². The molecule has 1 aromatic rings. The number of nitrogens with zero attached hydrogens (tertiary/aromatic N) is 2. The van der Waals surface area contributed by atoms with Gasteiger partial charge in [-0.25, -0.2) is 0 Å². The zero-order chi connectivity index (χ0) is 14.4. The van der Waals surface area contributed by atoms with E-state index in [4.69, 9.17) is 4.52 Å². The first-order chi connectivity index (χ1) is 8.90. The van der Waals surface area contributed by atoms with Crippen molar-refractivity contribution in [3.05, 3.63) is 11.8 Å². The van der Waals surface area contributed by atoms with Crippen molar-refractivity contribution < 1.29 is 14.1 Å². The molecule has 0 bridgehead atoms. The van der Waals surface area contributed by atoms with Gasteiger partial charge in [0.2, 0.25) is 11.8 Å². The molecule has 6 heteroatoms. The summed E-state index contributed by atoms with van der Waals surface area (Å²) in [4.78, 5) is 24.6. The Hall–Kier alpha value is -1.85. The van der Waals surface area contributed by atoms with Crippen LogP contribution in [0.4, 0.5) is 5.82 Å². The molecule has 0 saturated carbocycles. The lowest BCUT2D eigenvalue weighted by molar-refractivity contribution is -0.123. The summed E-state index contributed by atoms with van der Waals surface area (Å²) in [6.45, 7) is 7.88. The van der Waals surface area contributed by atoms with Crippen molar-refractivity contribution in [2.75, 3.05) is 18.0 Å². The van der Waals surface area contributed by atoms with Gasteiger partial charge in [0.15, 0.2) is 5.82 Å². The molecule has 6 nitrogen and oxygen atoms in total. The number of carbonyl (C=O) groups is 2. The molecule has 0 aromatic carbocycles. The van der Waals surface area contributed by atoms with Crippen LogP contribution in [0.5, 0.6) is 0 Å². The van der Waals surface area contributed by atoms with Gasteiger partial charge in [-0.2, -0.15) is 0 Å². The van der Waals surface area contributed by atoms with E-state index >= 15 is 0 Å². The van der Waals surface area contributed by atoms with E-state index in [0.29, 0.717) is 24.0 Å². The van der Waals surface area contributed by atoms with Crippen LogP contribution in [0.15, 0.2) is 10.6 Å². The minimum absolute atomic E-state index is 0.0423. The third-order valence-corrected chi connectivity index (χ3v) is 2.62. The van der Waals surface area contributed by atoms with Crippen LogP contribution in [0.3, 0.4) is 0 Å². The van der Waals surface area contributed by atoms with Crippen LogP contribution < -0.4 is 10.2 Å². The van der Waals surface area contributed by atoms with Gasteiger partial charge in [-0.3, -0.25) is 14.5 Å². The van der Waals surface area contributed by atoms with Crippen molar-refractivity contribution in [2.24, 2.45) is 5.92 Å². The first-order valence-electron chi connectivity index (χ1n) is 6.38. The van der Waals surface area contributed by atoms with Crippen LogP contribution in [0.2, 0.25) is 0 Å². The minimum atomic E-state index is -0.243. The molecule has 0 radical (unpaired) electrons. The number of aromatic nitrogens is 1. The van der Waals surface area contributed by atoms with Gasteiger partial charge in [0.05, 0.1) is 0 Å². The normalized spacial score (nSPS) is 10.6. The Morgan fingerprint density at radius 3 is 2.63 bits per heavy atom. The number of nitrogens with one attached hydrogen (secondary N) is 1. The molecule has 19 heavy (non-hydrogen) atoms. The van der Waals surface area contributed by atoms with Crippen LogP contribution in [0, 0.1) is 12.8 Å². The fraction of sp³-hybridized carbons (Fsp3) is 0.615. The summed E-state index contributed by atoms with van der Waals surface area (Å²) in [7, 11) is 0. The molecule has 2 amide bonds. The van der Waals surface area contributed by atoms with E-state index in [1.165, 1.54) is 11.8 Å². The van der Waals surface area contributed by atoms with Crippen LogP contribution in [-0.2, 0) is 9.59 Å². The Morgan fingerprint density at radius 1 is 1.47 bits per heavy atom. The Bertz CT molecular complexity index is 440. The topological polar surface area (TPSA) is 75.4 Å². The van der Waals surface area contributed by atoms with Crippen molar-refractivity contribution in [2.45, 2.75) is 34.1 Å². The van der Waals surface area contributed by atoms with Crippen molar-refractivity contribution in [1.29, 1.82) is 0 Å². The average Bonchev–Trinajstić information content (AvgIpc) is 2.71. The van der Waals surface area contributed by atoms with Crippen molar-refractivity contribution in [3.8, 4) is 0 Å². The number of rotatable bonds is 6. The zero-order valence-electron chi connectivity index (χ0n) is 11.9. The fourth-order valence-corrected chi connectivity index (χ4v) is 1.53. The molecule has 1 heterocycles. The maximum atomic E-state index is 11.8. The van der Waals surface area contributed by atoms with Gasteiger partial charge in [0.25, 0.3) is 0 Å². The number of carbonyl (C=O) groups excluding carboxylic acids is 2. The summed E-state index contributed by atoms with van der Waals surface area (Å²) in [6, 6.07) is 1.63. The van der Waals surface area contributed by atoms with Crippen LogP contribution in [0.1, 0.15) is 33.0 Å². The lowest BCUT2D eigenvalue weighted by Crippen LogP contribution is -2.40. The van der Waals surface area contributed by atoms with Gasteiger partial charge in [-0.05, 0) is 19.3 Å². The molecule has 0 fully saturated rings. The molecule has 0 spiro atoms. The monoisotopic (exact) mass is 267 g/mol. The second-order valence-corrected chi connectivity index (χ2v) is 4.93. The Morgan fingerprint density at radius 2 is 2.16 bits per heavy atom. The second-order valence-electron chi connectivity index (χ2n) is 4.93. The SMILES string of the molecule is CC(=O)N(CC(=O)NCCC(C)C)c1cc(C)on1. The molecule has 1 rings (SSSR count). The number of amides is 2. The van der Waals surface area contributed by atoms with Gasteiger partial charge in [0, 0.05) is 19.5 Å². The largest absolute Gasteiger partial charge is 0.360 e. The Labute approximate surface area is 113 Å². The average molecular weight is 267 g/mol. The molecule has 0 unspecified atom stereocenters. The summed E-state index contributed by atoms with van der Waals surface area (Å²) in [5.41, 5.74) is 0. The summed E-state index contributed by atoms with van der Waals surface area (Å²) >= 11 is 0. The lowest BCUT2D eigenvalue weighted by Gasteiger charge is -2.17. The standard InChI is InChI=1S/C13H21N3O3/c1-9(2)5-6-14-13(18)8-16(11(4)17)12-7-10(3)19-15-12/h7,9H,5-6,8H2,1-4H3,(H,14,18). The Kier molecular flexibility index (Phi) is 5.54. The van der Waals surface area contributed by atoms with Gasteiger partial charge in [-0.15, -0.1) is 0 Å². The highest BCUT2D eigenvalue weighted by Gasteiger charge is 2.18. The highest BCUT2D eigenvalue weighted by atomic mass is 16.5. The van der Waals surface area contributed by atoms with E-state index in [0.717, 1.165) is 6.42 Å². The van der Waals surface area contributed by atoms with Gasteiger partial charge in [-0.1, -0.05) is 19.0 Å². The molecule has 1 N–H and O–H groups in total. The maximum Gasteiger partial charge on any atom is 0.240 e. The first kappa shape index (κ1) is 15.2. The minimum Gasteiger partial charge on any atom is -0.360 e. The molecular formula is C13H21N3O3. The predicted octanol–water partition coefficient (Wildman–Crippen LogP) is 1.50. The van der Waals surface area contributed by atoms with Crippen molar-refractivity contribution in [3.63, 3.8) is 0 Å². The third kappa shape index (κ3) is 5.11. The van der Waals surface area contributed by atoms with Gasteiger partial charge >= 0.3 is 0 Å². The molecular weight excluding hydrogens is 246 g/mol. The number of aryl methyl sites for hydroxylation is 1. The number of anilines is 1. The van der Waals surface area contributed by atoms with Gasteiger partial charge in [0.1, 0.15) is 12.3 Å². The van der Waals surface area contributed by atoms with Crippen molar-refractivity contribution >= 4 is 17.6 Å². The summed E-state index contributed by atoms with van der Waals surface area (Å²) in [5.74, 6) is 1.05. The fourth-order valence-electron chi connectivity index (χ4n) is 1.53.